The fourth-order valence-corrected chi connectivity index (χ4v) is 2.62. The SMILES string of the molecule is Cl.NC/C(=C/F)COc1ccc2c(c1)CCN(C1CC1)C2=O. The van der Waals surface area contributed by atoms with Crippen molar-refractivity contribution >= 4 is 18.3 Å². The van der Waals surface area contributed by atoms with Gasteiger partial charge >= 0.3 is 0 Å². The molecule has 2 N–H and O–H groups in total. The predicted molar refractivity (Wildman–Crippen MR) is 85.2 cm³/mol. The molecule has 1 aliphatic heterocycles. The number of benzene rings is 1. The first-order valence-corrected chi connectivity index (χ1v) is 7.28. The van der Waals surface area contributed by atoms with Crippen LogP contribution in [-0.2, 0) is 6.42 Å². The lowest BCUT2D eigenvalue weighted by molar-refractivity contribution is 0.0727. The Balaban J connectivity index is 0.00000176. The molecule has 0 bridgehead atoms. The Hall–Kier alpha value is -1.59. The average Bonchev–Trinajstić information content (AvgIpc) is 3.33. The lowest BCUT2D eigenvalue weighted by Gasteiger charge is -2.28. The van der Waals surface area contributed by atoms with Crippen molar-refractivity contribution in [3.8, 4) is 5.75 Å². The summed E-state index contributed by atoms with van der Waals surface area (Å²) in [6.07, 6.45) is 3.58. The Morgan fingerprint density at radius 3 is 2.86 bits per heavy atom. The molecule has 0 spiro atoms. The number of ether oxygens (including phenoxy) is 1. The summed E-state index contributed by atoms with van der Waals surface area (Å²) in [6.45, 7) is 1.04. The second kappa shape index (κ2) is 7.11. The number of nitrogens with zero attached hydrogens (tertiary/aromatic N) is 1. The highest BCUT2D eigenvalue weighted by Gasteiger charge is 2.35. The lowest BCUT2D eigenvalue weighted by atomic mass is 9.98. The second-order valence-corrected chi connectivity index (χ2v) is 5.56. The molecule has 0 unspecified atom stereocenters. The van der Waals surface area contributed by atoms with E-state index >= 15 is 0 Å². The van der Waals surface area contributed by atoms with Crippen molar-refractivity contribution in [3.63, 3.8) is 0 Å². The van der Waals surface area contributed by atoms with Gasteiger partial charge in [0, 0.05) is 30.3 Å². The number of carbonyl (C=O) groups is 1. The van der Waals surface area contributed by atoms with Crippen molar-refractivity contribution in [3.05, 3.63) is 41.2 Å². The zero-order valence-corrected chi connectivity index (χ0v) is 13.1. The van der Waals surface area contributed by atoms with Crippen molar-refractivity contribution in [1.82, 2.24) is 4.90 Å². The molecule has 0 saturated heterocycles. The van der Waals surface area contributed by atoms with Gasteiger partial charge in [0.1, 0.15) is 12.4 Å². The van der Waals surface area contributed by atoms with Crippen LogP contribution in [0.15, 0.2) is 30.1 Å². The zero-order chi connectivity index (χ0) is 14.8. The Bertz CT molecular complexity index is 588. The minimum absolute atomic E-state index is 0. The van der Waals surface area contributed by atoms with E-state index in [0.717, 1.165) is 36.9 Å². The van der Waals surface area contributed by atoms with Crippen molar-refractivity contribution in [1.29, 1.82) is 0 Å². The minimum atomic E-state index is 0. The number of carbonyl (C=O) groups excluding carboxylic acids is 1. The summed E-state index contributed by atoms with van der Waals surface area (Å²) < 4.78 is 18.0. The monoisotopic (exact) mass is 326 g/mol. The van der Waals surface area contributed by atoms with E-state index in [9.17, 15) is 9.18 Å². The summed E-state index contributed by atoms with van der Waals surface area (Å²) in [7, 11) is 0. The molecule has 1 fully saturated rings. The fourth-order valence-electron chi connectivity index (χ4n) is 2.62. The molecule has 0 atom stereocenters. The summed E-state index contributed by atoms with van der Waals surface area (Å²) >= 11 is 0. The molecule has 22 heavy (non-hydrogen) atoms. The quantitative estimate of drug-likeness (QED) is 0.904. The molecule has 0 aromatic heterocycles. The number of rotatable bonds is 5. The highest BCUT2D eigenvalue weighted by molar-refractivity contribution is 5.97. The summed E-state index contributed by atoms with van der Waals surface area (Å²) in [5, 5.41) is 0. The van der Waals surface area contributed by atoms with E-state index in [-0.39, 0.29) is 31.5 Å². The van der Waals surface area contributed by atoms with Crippen LogP contribution in [0, 0.1) is 0 Å². The third-order valence-electron chi connectivity index (χ3n) is 4.02. The molecule has 4 nitrogen and oxygen atoms in total. The van der Waals surface area contributed by atoms with Crippen LogP contribution >= 0.6 is 12.4 Å². The molecule has 2 aliphatic rings. The highest BCUT2D eigenvalue weighted by atomic mass is 35.5. The van der Waals surface area contributed by atoms with E-state index in [0.29, 0.717) is 23.7 Å². The van der Waals surface area contributed by atoms with Crippen LogP contribution in [0.5, 0.6) is 5.75 Å². The van der Waals surface area contributed by atoms with Gasteiger partial charge in [-0.3, -0.25) is 4.79 Å². The Kier molecular flexibility index (Phi) is 5.42. The first-order valence-electron chi connectivity index (χ1n) is 7.28. The maximum atomic E-state index is 12.4. The molecule has 1 saturated carbocycles. The molecule has 1 heterocycles. The number of fused-ring (bicyclic) bond motifs is 1. The van der Waals surface area contributed by atoms with E-state index in [1.165, 1.54) is 0 Å². The average molecular weight is 327 g/mol. The van der Waals surface area contributed by atoms with Gasteiger partial charge < -0.3 is 15.4 Å². The van der Waals surface area contributed by atoms with Crippen molar-refractivity contribution in [2.75, 3.05) is 19.7 Å². The van der Waals surface area contributed by atoms with Gasteiger partial charge in [0.25, 0.3) is 5.91 Å². The van der Waals surface area contributed by atoms with Crippen LogP contribution in [-0.4, -0.2) is 36.5 Å². The zero-order valence-electron chi connectivity index (χ0n) is 12.3. The largest absolute Gasteiger partial charge is 0.489 e. The first-order chi connectivity index (χ1) is 10.2. The van der Waals surface area contributed by atoms with Crippen molar-refractivity contribution in [2.45, 2.75) is 25.3 Å². The topological polar surface area (TPSA) is 55.6 Å². The first kappa shape index (κ1) is 16.8. The number of nitrogens with two attached hydrogens (primary N) is 1. The Morgan fingerprint density at radius 1 is 1.45 bits per heavy atom. The second-order valence-electron chi connectivity index (χ2n) is 5.56. The third kappa shape index (κ3) is 3.42. The molecule has 3 rings (SSSR count). The molecule has 1 aromatic carbocycles. The standard InChI is InChI=1S/C16H19FN2O2.ClH/c17-8-11(9-18)10-21-14-3-4-15-12(7-14)5-6-19(16(15)20)13-1-2-13;/h3-4,7-8,13H,1-2,5-6,9-10,18H2;1H/b11-8-;. The predicted octanol–water partition coefficient (Wildman–Crippen LogP) is 2.46. The van der Waals surface area contributed by atoms with Gasteiger partial charge in [0.15, 0.2) is 0 Å². The number of halogens is 2. The lowest BCUT2D eigenvalue weighted by Crippen LogP contribution is -2.39. The van der Waals surface area contributed by atoms with Crippen LogP contribution in [0.1, 0.15) is 28.8 Å². The van der Waals surface area contributed by atoms with Gasteiger partial charge in [-0.05, 0) is 43.0 Å². The highest BCUT2D eigenvalue weighted by Crippen LogP contribution is 2.32. The van der Waals surface area contributed by atoms with Crippen LogP contribution in [0.4, 0.5) is 4.39 Å². The van der Waals surface area contributed by atoms with Gasteiger partial charge in [0.05, 0.1) is 6.33 Å². The molecular formula is C16H20ClFN2O2. The fraction of sp³-hybridized carbons (Fsp3) is 0.438. The maximum absolute atomic E-state index is 12.4. The van der Waals surface area contributed by atoms with Crippen molar-refractivity contribution in [2.24, 2.45) is 5.73 Å². The van der Waals surface area contributed by atoms with Gasteiger partial charge in [-0.2, -0.15) is 0 Å². The van der Waals surface area contributed by atoms with Crippen LogP contribution in [0.3, 0.4) is 0 Å². The molecule has 1 amide bonds. The third-order valence-corrected chi connectivity index (χ3v) is 4.02. The summed E-state index contributed by atoms with van der Waals surface area (Å²) in [6, 6.07) is 5.90. The minimum Gasteiger partial charge on any atom is -0.489 e. The van der Waals surface area contributed by atoms with Gasteiger partial charge in [-0.1, -0.05) is 0 Å². The van der Waals surface area contributed by atoms with Crippen LogP contribution in [0.25, 0.3) is 0 Å². The van der Waals surface area contributed by atoms with Gasteiger partial charge in [-0.15, -0.1) is 12.4 Å². The van der Waals surface area contributed by atoms with Crippen molar-refractivity contribution < 1.29 is 13.9 Å². The Labute approximate surface area is 135 Å². The number of hydrogen-bond donors (Lipinski definition) is 1. The van der Waals surface area contributed by atoms with E-state index in [2.05, 4.69) is 0 Å². The van der Waals surface area contributed by atoms with Gasteiger partial charge in [0.2, 0.25) is 0 Å². The molecular weight excluding hydrogens is 307 g/mol. The van der Waals surface area contributed by atoms with E-state index in [1.54, 1.807) is 6.07 Å². The molecule has 1 aliphatic carbocycles. The molecule has 6 heteroatoms. The smallest absolute Gasteiger partial charge is 0.254 e. The molecule has 1 aromatic rings. The summed E-state index contributed by atoms with van der Waals surface area (Å²) in [5.74, 6) is 0.769. The normalized spacial score (nSPS) is 17.8. The van der Waals surface area contributed by atoms with E-state index < -0.39 is 0 Å². The molecule has 0 radical (unpaired) electrons. The number of hydrogen-bond acceptors (Lipinski definition) is 3. The molecule has 120 valence electrons. The maximum Gasteiger partial charge on any atom is 0.254 e. The number of amides is 1. The van der Waals surface area contributed by atoms with E-state index in [1.807, 2.05) is 17.0 Å². The van der Waals surface area contributed by atoms with Crippen LogP contribution < -0.4 is 10.5 Å². The Morgan fingerprint density at radius 2 is 2.23 bits per heavy atom. The summed E-state index contributed by atoms with van der Waals surface area (Å²) in [4.78, 5) is 14.4. The summed E-state index contributed by atoms with van der Waals surface area (Å²) in [5.41, 5.74) is 7.57. The van der Waals surface area contributed by atoms with Crippen LogP contribution in [0.2, 0.25) is 0 Å². The van der Waals surface area contributed by atoms with Gasteiger partial charge in [-0.25, -0.2) is 4.39 Å². The van der Waals surface area contributed by atoms with E-state index in [4.69, 9.17) is 10.5 Å².